The van der Waals surface area contributed by atoms with Gasteiger partial charge in [0.25, 0.3) is 0 Å². The summed E-state index contributed by atoms with van der Waals surface area (Å²) in [7, 11) is 0. The van der Waals surface area contributed by atoms with Gasteiger partial charge in [-0.05, 0) is 50.8 Å². The number of aliphatic hydroxyl groups excluding tert-OH is 1. The third-order valence-corrected chi connectivity index (χ3v) is 4.70. The number of hydrogen-bond acceptors (Lipinski definition) is 3. The zero-order chi connectivity index (χ0) is 15.9. The molecule has 1 aliphatic rings. The summed E-state index contributed by atoms with van der Waals surface area (Å²) in [6.45, 7) is 7.77. The normalized spacial score (nSPS) is 23.1. The maximum atomic E-state index is 10.3. The van der Waals surface area contributed by atoms with Crippen LogP contribution in [0.5, 0.6) is 5.75 Å². The van der Waals surface area contributed by atoms with Gasteiger partial charge in [-0.1, -0.05) is 31.9 Å². The molecule has 2 rings (SSSR count). The SMILES string of the molecule is CCCc1ccc(OCC(O)CN2C(C)CCCC2C)cc1.Cl. The maximum Gasteiger partial charge on any atom is 0.119 e. The van der Waals surface area contributed by atoms with Gasteiger partial charge in [0.05, 0.1) is 0 Å². The fourth-order valence-electron chi connectivity index (χ4n) is 3.36. The average molecular weight is 342 g/mol. The molecule has 132 valence electrons. The van der Waals surface area contributed by atoms with Crippen LogP contribution in [0.25, 0.3) is 0 Å². The summed E-state index contributed by atoms with van der Waals surface area (Å²) >= 11 is 0. The van der Waals surface area contributed by atoms with Gasteiger partial charge in [-0.15, -0.1) is 12.4 Å². The molecule has 0 bridgehead atoms. The third kappa shape index (κ3) is 6.33. The Bertz CT molecular complexity index is 428. The van der Waals surface area contributed by atoms with Crippen LogP contribution in [0.15, 0.2) is 24.3 Å². The fraction of sp³-hybridized carbons (Fsp3) is 0.684. The number of nitrogens with zero attached hydrogens (tertiary/aromatic N) is 1. The van der Waals surface area contributed by atoms with Crippen molar-refractivity contribution >= 4 is 12.4 Å². The second-order valence-corrected chi connectivity index (χ2v) is 6.68. The van der Waals surface area contributed by atoms with Crippen LogP contribution in [-0.2, 0) is 6.42 Å². The summed E-state index contributed by atoms with van der Waals surface area (Å²) in [5.74, 6) is 0.846. The van der Waals surface area contributed by atoms with E-state index in [1.54, 1.807) is 0 Å². The van der Waals surface area contributed by atoms with Gasteiger partial charge in [-0.3, -0.25) is 4.90 Å². The van der Waals surface area contributed by atoms with Gasteiger partial charge >= 0.3 is 0 Å². The molecule has 4 heteroatoms. The molecular formula is C19H32ClNO2. The van der Waals surface area contributed by atoms with Crippen LogP contribution in [-0.4, -0.2) is 41.3 Å². The van der Waals surface area contributed by atoms with Crippen molar-refractivity contribution in [1.29, 1.82) is 0 Å². The summed E-state index contributed by atoms with van der Waals surface area (Å²) in [6.07, 6.45) is 5.60. The molecule has 3 nitrogen and oxygen atoms in total. The van der Waals surface area contributed by atoms with Gasteiger partial charge < -0.3 is 9.84 Å². The standard InChI is InChI=1S/C19H31NO2.ClH/c1-4-6-17-9-11-19(12-10-17)22-14-18(21)13-20-15(2)7-5-8-16(20)3;/h9-12,15-16,18,21H,4-8,13-14H2,1-3H3;1H. The van der Waals surface area contributed by atoms with Gasteiger partial charge in [0.15, 0.2) is 0 Å². The number of aliphatic hydroxyl groups is 1. The third-order valence-electron chi connectivity index (χ3n) is 4.70. The minimum Gasteiger partial charge on any atom is -0.491 e. The number of piperidine rings is 1. The Morgan fingerprint density at radius 1 is 1.17 bits per heavy atom. The molecule has 0 spiro atoms. The zero-order valence-corrected chi connectivity index (χ0v) is 15.5. The summed E-state index contributed by atoms with van der Waals surface area (Å²) in [5, 5.41) is 10.3. The topological polar surface area (TPSA) is 32.7 Å². The van der Waals surface area contributed by atoms with Crippen LogP contribution in [0.3, 0.4) is 0 Å². The Morgan fingerprint density at radius 2 is 1.78 bits per heavy atom. The fourth-order valence-corrected chi connectivity index (χ4v) is 3.36. The van der Waals surface area contributed by atoms with Crippen molar-refractivity contribution in [3.05, 3.63) is 29.8 Å². The highest BCUT2D eigenvalue weighted by molar-refractivity contribution is 5.85. The zero-order valence-electron chi connectivity index (χ0n) is 14.7. The number of ether oxygens (including phenoxy) is 1. The van der Waals surface area contributed by atoms with Crippen molar-refractivity contribution in [3.8, 4) is 5.75 Å². The summed E-state index contributed by atoms with van der Waals surface area (Å²) in [4.78, 5) is 2.42. The monoisotopic (exact) mass is 341 g/mol. The quantitative estimate of drug-likeness (QED) is 0.811. The number of benzene rings is 1. The van der Waals surface area contributed by atoms with Gasteiger partial charge in [0, 0.05) is 18.6 Å². The Balaban J connectivity index is 0.00000264. The molecule has 3 atom stereocenters. The molecule has 0 saturated carbocycles. The lowest BCUT2D eigenvalue weighted by Gasteiger charge is -2.40. The lowest BCUT2D eigenvalue weighted by atomic mass is 9.97. The lowest BCUT2D eigenvalue weighted by Crippen LogP contribution is -2.48. The first-order chi connectivity index (χ1) is 10.6. The van der Waals surface area contributed by atoms with Crippen LogP contribution in [0.1, 0.15) is 52.0 Å². The van der Waals surface area contributed by atoms with Crippen molar-refractivity contribution < 1.29 is 9.84 Å². The molecule has 3 unspecified atom stereocenters. The summed E-state index contributed by atoms with van der Waals surface area (Å²) < 4.78 is 5.74. The summed E-state index contributed by atoms with van der Waals surface area (Å²) in [5.41, 5.74) is 1.34. The Kier molecular flexibility index (Phi) is 8.96. The molecule has 1 aliphatic heterocycles. The Labute approximate surface area is 147 Å². The highest BCUT2D eigenvalue weighted by Crippen LogP contribution is 2.22. The Morgan fingerprint density at radius 3 is 2.35 bits per heavy atom. The number of likely N-dealkylation sites (tertiary alicyclic amines) is 1. The van der Waals surface area contributed by atoms with Crippen molar-refractivity contribution in [2.45, 2.75) is 71.1 Å². The van der Waals surface area contributed by atoms with E-state index in [4.69, 9.17) is 4.74 Å². The second-order valence-electron chi connectivity index (χ2n) is 6.68. The molecule has 1 fully saturated rings. The molecule has 0 aliphatic carbocycles. The number of rotatable bonds is 7. The van der Waals surface area contributed by atoms with E-state index < -0.39 is 6.10 Å². The molecular weight excluding hydrogens is 310 g/mol. The van der Waals surface area contributed by atoms with E-state index in [-0.39, 0.29) is 12.4 Å². The van der Waals surface area contributed by atoms with Crippen molar-refractivity contribution in [3.63, 3.8) is 0 Å². The van der Waals surface area contributed by atoms with Gasteiger partial charge in [-0.25, -0.2) is 0 Å². The molecule has 23 heavy (non-hydrogen) atoms. The van der Waals surface area contributed by atoms with Crippen LogP contribution in [0, 0.1) is 0 Å². The van der Waals surface area contributed by atoms with Crippen molar-refractivity contribution in [1.82, 2.24) is 4.90 Å². The second kappa shape index (κ2) is 10.2. The molecule has 1 saturated heterocycles. The molecule has 0 radical (unpaired) electrons. The molecule has 1 aromatic rings. The first-order valence-electron chi connectivity index (χ1n) is 8.75. The van der Waals surface area contributed by atoms with E-state index in [1.807, 2.05) is 12.1 Å². The first kappa shape index (κ1) is 20.3. The average Bonchev–Trinajstić information content (AvgIpc) is 2.51. The number of β-amino-alcohol motifs (C(OH)–C–C–N with tert-alkyl or cyclic N) is 1. The van der Waals surface area contributed by atoms with E-state index in [9.17, 15) is 5.11 Å². The highest BCUT2D eigenvalue weighted by Gasteiger charge is 2.26. The van der Waals surface area contributed by atoms with E-state index >= 15 is 0 Å². The molecule has 0 aromatic heterocycles. The van der Waals surface area contributed by atoms with Gasteiger partial charge in [0.2, 0.25) is 0 Å². The van der Waals surface area contributed by atoms with Crippen LogP contribution in [0.2, 0.25) is 0 Å². The number of aryl methyl sites for hydroxylation is 1. The number of halogens is 1. The van der Waals surface area contributed by atoms with E-state index in [0.717, 1.165) is 18.6 Å². The van der Waals surface area contributed by atoms with Crippen LogP contribution in [0.4, 0.5) is 0 Å². The summed E-state index contributed by atoms with van der Waals surface area (Å²) in [6, 6.07) is 9.35. The van der Waals surface area contributed by atoms with Crippen LogP contribution < -0.4 is 4.74 Å². The minimum absolute atomic E-state index is 0. The van der Waals surface area contributed by atoms with Crippen molar-refractivity contribution in [2.75, 3.05) is 13.2 Å². The van der Waals surface area contributed by atoms with Gasteiger partial charge in [-0.2, -0.15) is 0 Å². The molecule has 0 amide bonds. The smallest absolute Gasteiger partial charge is 0.119 e. The highest BCUT2D eigenvalue weighted by atomic mass is 35.5. The number of hydrogen-bond donors (Lipinski definition) is 1. The Hall–Kier alpha value is -0.770. The lowest BCUT2D eigenvalue weighted by molar-refractivity contribution is 0.0209. The van der Waals surface area contributed by atoms with E-state index in [1.165, 1.54) is 24.8 Å². The predicted molar refractivity (Wildman–Crippen MR) is 98.7 cm³/mol. The van der Waals surface area contributed by atoms with E-state index in [2.05, 4.69) is 37.8 Å². The van der Waals surface area contributed by atoms with Crippen LogP contribution >= 0.6 is 12.4 Å². The molecule has 1 N–H and O–H groups in total. The molecule has 1 heterocycles. The largest absolute Gasteiger partial charge is 0.491 e. The minimum atomic E-state index is -0.432. The van der Waals surface area contributed by atoms with E-state index in [0.29, 0.717) is 25.2 Å². The predicted octanol–water partition coefficient (Wildman–Crippen LogP) is 4.06. The van der Waals surface area contributed by atoms with Gasteiger partial charge in [0.1, 0.15) is 18.5 Å². The molecule has 1 aromatic carbocycles. The maximum absolute atomic E-state index is 10.3. The van der Waals surface area contributed by atoms with Crippen molar-refractivity contribution in [2.24, 2.45) is 0 Å². The first-order valence-corrected chi connectivity index (χ1v) is 8.75.